The van der Waals surface area contributed by atoms with Gasteiger partial charge in [-0.2, -0.15) is 0 Å². The van der Waals surface area contributed by atoms with Gasteiger partial charge in [-0.25, -0.2) is 0 Å². The van der Waals surface area contributed by atoms with E-state index in [9.17, 15) is 9.59 Å². The molecule has 0 unspecified atom stereocenters. The number of hydrogen-bond acceptors (Lipinski definition) is 3. The number of primary amides is 1. The van der Waals surface area contributed by atoms with Crippen molar-refractivity contribution in [3.8, 4) is 0 Å². The second-order valence-electron chi connectivity index (χ2n) is 5.18. The molecule has 1 aromatic carbocycles. The molecule has 1 heterocycles. The van der Waals surface area contributed by atoms with Crippen LogP contribution in [0.4, 0.5) is 0 Å². The molecule has 0 bridgehead atoms. The normalized spacial score (nSPS) is 18.6. The predicted molar refractivity (Wildman–Crippen MR) is 88.1 cm³/mol. The lowest BCUT2D eigenvalue weighted by Crippen LogP contribution is -2.44. The molecule has 1 fully saturated rings. The summed E-state index contributed by atoms with van der Waals surface area (Å²) < 4.78 is 0.950. The van der Waals surface area contributed by atoms with Gasteiger partial charge in [-0.05, 0) is 36.8 Å². The summed E-state index contributed by atoms with van der Waals surface area (Å²) in [5, 5.41) is 0. The van der Waals surface area contributed by atoms with E-state index >= 15 is 0 Å². The predicted octanol–water partition coefficient (Wildman–Crippen LogP) is 2.44. The first kappa shape index (κ1) is 16.4. The van der Waals surface area contributed by atoms with E-state index in [4.69, 9.17) is 5.73 Å². The van der Waals surface area contributed by atoms with Gasteiger partial charge in [-0.15, -0.1) is 11.8 Å². The lowest BCUT2D eigenvalue weighted by molar-refractivity contribution is -0.134. The molecule has 1 aliphatic heterocycles. The zero-order valence-electron chi connectivity index (χ0n) is 12.0. The van der Waals surface area contributed by atoms with Crippen molar-refractivity contribution in [3.63, 3.8) is 0 Å². The summed E-state index contributed by atoms with van der Waals surface area (Å²) in [6.45, 7) is 1.16. The summed E-state index contributed by atoms with van der Waals surface area (Å²) in [5.74, 6) is -0.455. The molecule has 1 saturated heterocycles. The molecule has 2 N–H and O–H groups in total. The fraction of sp³-hybridized carbons (Fsp3) is 0.467. The Morgan fingerprint density at radius 3 is 2.90 bits per heavy atom. The highest BCUT2D eigenvalue weighted by molar-refractivity contribution is 9.10. The molecule has 0 aromatic heterocycles. The summed E-state index contributed by atoms with van der Waals surface area (Å²) in [6, 6.07) is 5.93. The Morgan fingerprint density at radius 2 is 2.24 bits per heavy atom. The van der Waals surface area contributed by atoms with Gasteiger partial charge in [-0.3, -0.25) is 9.59 Å². The molecule has 21 heavy (non-hydrogen) atoms. The SMILES string of the molecule is CSc1cccc(Br)c1CC(=O)N1CCC[C@H](C(N)=O)C1. The van der Waals surface area contributed by atoms with Crippen LogP contribution in [0.5, 0.6) is 0 Å². The molecule has 1 aromatic rings. The summed E-state index contributed by atoms with van der Waals surface area (Å²) in [5.41, 5.74) is 6.37. The molecule has 4 nitrogen and oxygen atoms in total. The molecule has 1 aliphatic rings. The molecule has 0 radical (unpaired) electrons. The first-order chi connectivity index (χ1) is 10.0. The Bertz CT molecular complexity index is 550. The quantitative estimate of drug-likeness (QED) is 0.827. The summed E-state index contributed by atoms with van der Waals surface area (Å²) >= 11 is 5.15. The van der Waals surface area contributed by atoms with Crippen LogP contribution in [0.2, 0.25) is 0 Å². The third-order valence-corrected chi connectivity index (χ3v) is 5.37. The van der Waals surface area contributed by atoms with Crippen molar-refractivity contribution in [3.05, 3.63) is 28.2 Å². The van der Waals surface area contributed by atoms with Crippen molar-refractivity contribution < 1.29 is 9.59 Å². The van der Waals surface area contributed by atoms with Gasteiger partial charge in [0.15, 0.2) is 0 Å². The zero-order chi connectivity index (χ0) is 15.4. The third-order valence-electron chi connectivity index (χ3n) is 3.80. The molecule has 2 rings (SSSR count). The van der Waals surface area contributed by atoms with E-state index < -0.39 is 0 Å². The highest BCUT2D eigenvalue weighted by atomic mass is 79.9. The number of piperidine rings is 1. The second kappa shape index (κ2) is 7.31. The van der Waals surface area contributed by atoms with Gasteiger partial charge >= 0.3 is 0 Å². The summed E-state index contributed by atoms with van der Waals surface area (Å²) in [7, 11) is 0. The monoisotopic (exact) mass is 370 g/mol. The molecule has 6 heteroatoms. The van der Waals surface area contributed by atoms with Crippen LogP contribution in [0.1, 0.15) is 18.4 Å². The number of nitrogens with zero attached hydrogens (tertiary/aromatic N) is 1. The van der Waals surface area contributed by atoms with Crippen molar-refractivity contribution in [2.45, 2.75) is 24.2 Å². The number of benzene rings is 1. The third kappa shape index (κ3) is 4.01. The number of nitrogens with two attached hydrogens (primary N) is 1. The average Bonchev–Trinajstić information content (AvgIpc) is 2.49. The smallest absolute Gasteiger partial charge is 0.227 e. The maximum absolute atomic E-state index is 12.5. The molecule has 0 saturated carbocycles. The molecule has 2 amide bonds. The van der Waals surface area contributed by atoms with Crippen molar-refractivity contribution >= 4 is 39.5 Å². The maximum Gasteiger partial charge on any atom is 0.227 e. The number of halogens is 1. The fourth-order valence-electron chi connectivity index (χ4n) is 2.60. The first-order valence-corrected chi connectivity index (χ1v) is 8.93. The van der Waals surface area contributed by atoms with E-state index in [2.05, 4.69) is 15.9 Å². The van der Waals surface area contributed by atoms with Gasteiger partial charge in [-0.1, -0.05) is 22.0 Å². The highest BCUT2D eigenvalue weighted by Crippen LogP contribution is 2.28. The molecule has 0 aliphatic carbocycles. The molecular weight excluding hydrogens is 352 g/mol. The van der Waals surface area contributed by atoms with Crippen LogP contribution in [-0.2, 0) is 16.0 Å². The Hall–Kier alpha value is -1.01. The highest BCUT2D eigenvalue weighted by Gasteiger charge is 2.27. The number of likely N-dealkylation sites (tertiary alicyclic amines) is 1. The molecular formula is C15H19BrN2O2S. The average molecular weight is 371 g/mol. The summed E-state index contributed by atoms with van der Waals surface area (Å²) in [4.78, 5) is 26.7. The van der Waals surface area contributed by atoms with Crippen LogP contribution in [0, 0.1) is 5.92 Å². The van der Waals surface area contributed by atoms with Crippen molar-refractivity contribution in [1.82, 2.24) is 4.90 Å². The first-order valence-electron chi connectivity index (χ1n) is 6.91. The minimum absolute atomic E-state index is 0.0585. The number of rotatable bonds is 4. The van der Waals surface area contributed by atoms with Crippen LogP contribution in [0.15, 0.2) is 27.6 Å². The Balaban J connectivity index is 2.09. The van der Waals surface area contributed by atoms with Crippen molar-refractivity contribution in [1.29, 1.82) is 0 Å². The number of thioether (sulfide) groups is 1. The van der Waals surface area contributed by atoms with Gasteiger partial charge in [0.25, 0.3) is 0 Å². The maximum atomic E-state index is 12.5. The van der Waals surface area contributed by atoms with E-state index in [0.717, 1.165) is 27.8 Å². The van der Waals surface area contributed by atoms with Gasteiger partial charge in [0.1, 0.15) is 0 Å². The van der Waals surface area contributed by atoms with Crippen molar-refractivity contribution in [2.24, 2.45) is 11.7 Å². The second-order valence-corrected chi connectivity index (χ2v) is 6.88. The standard InChI is InChI=1S/C15H19BrN2O2S/c1-21-13-6-2-5-12(16)11(13)8-14(19)18-7-3-4-10(9-18)15(17)20/h2,5-6,10H,3-4,7-9H2,1H3,(H2,17,20)/t10-/m0/s1. The lowest BCUT2D eigenvalue weighted by Gasteiger charge is -2.31. The van der Waals surface area contributed by atoms with Gasteiger partial charge < -0.3 is 10.6 Å². The number of carbonyl (C=O) groups is 2. The Morgan fingerprint density at radius 1 is 1.48 bits per heavy atom. The Kier molecular flexibility index (Phi) is 5.70. The molecule has 114 valence electrons. The van der Waals surface area contributed by atoms with Gasteiger partial charge in [0, 0.05) is 22.5 Å². The number of carbonyl (C=O) groups excluding carboxylic acids is 2. The molecule has 0 spiro atoms. The van der Waals surface area contributed by atoms with Crippen LogP contribution in [0.25, 0.3) is 0 Å². The van der Waals surface area contributed by atoms with E-state index in [0.29, 0.717) is 19.5 Å². The number of hydrogen-bond donors (Lipinski definition) is 1. The van der Waals surface area contributed by atoms with Crippen molar-refractivity contribution in [2.75, 3.05) is 19.3 Å². The topological polar surface area (TPSA) is 63.4 Å². The van der Waals surface area contributed by atoms with Crippen LogP contribution in [-0.4, -0.2) is 36.1 Å². The zero-order valence-corrected chi connectivity index (χ0v) is 14.4. The Labute approximate surface area is 137 Å². The largest absolute Gasteiger partial charge is 0.369 e. The lowest BCUT2D eigenvalue weighted by atomic mass is 9.97. The van der Waals surface area contributed by atoms with E-state index in [1.54, 1.807) is 16.7 Å². The van der Waals surface area contributed by atoms with Gasteiger partial charge in [0.05, 0.1) is 12.3 Å². The fourth-order valence-corrected chi connectivity index (χ4v) is 3.88. The van der Waals surface area contributed by atoms with E-state index in [-0.39, 0.29) is 17.7 Å². The van der Waals surface area contributed by atoms with E-state index in [1.807, 2.05) is 24.5 Å². The molecule has 1 atom stereocenters. The summed E-state index contributed by atoms with van der Waals surface area (Å²) in [6.07, 6.45) is 3.97. The number of amides is 2. The minimum Gasteiger partial charge on any atom is -0.369 e. The van der Waals surface area contributed by atoms with Crippen LogP contribution < -0.4 is 5.73 Å². The minimum atomic E-state index is -0.307. The van der Waals surface area contributed by atoms with Gasteiger partial charge in [0.2, 0.25) is 11.8 Å². The van der Waals surface area contributed by atoms with E-state index in [1.165, 1.54) is 0 Å². The van der Waals surface area contributed by atoms with Crippen LogP contribution in [0.3, 0.4) is 0 Å². The van der Waals surface area contributed by atoms with Crippen LogP contribution >= 0.6 is 27.7 Å².